The molecule has 0 aromatic heterocycles. The van der Waals surface area contributed by atoms with Crippen molar-refractivity contribution >= 4 is 34.2 Å². The van der Waals surface area contributed by atoms with Crippen molar-refractivity contribution in [1.29, 1.82) is 0 Å². The van der Waals surface area contributed by atoms with E-state index in [1.165, 1.54) is 0 Å². The van der Waals surface area contributed by atoms with E-state index in [0.29, 0.717) is 13.0 Å². The number of thioether (sulfide) groups is 1. The van der Waals surface area contributed by atoms with Crippen molar-refractivity contribution in [2.24, 2.45) is 10.1 Å². The first kappa shape index (κ1) is 15.7. The van der Waals surface area contributed by atoms with Gasteiger partial charge in [-0.2, -0.15) is 5.10 Å². The van der Waals surface area contributed by atoms with Crippen molar-refractivity contribution < 1.29 is 9.53 Å². The quantitative estimate of drug-likeness (QED) is 0.908. The summed E-state index contributed by atoms with van der Waals surface area (Å²) in [6.07, 6.45) is 2.96. The number of nitrogens with one attached hydrogen (secondary N) is 1. The van der Waals surface area contributed by atoms with Gasteiger partial charge in [0, 0.05) is 25.1 Å². The van der Waals surface area contributed by atoms with Crippen LogP contribution in [0.15, 0.2) is 28.3 Å². The van der Waals surface area contributed by atoms with Crippen LogP contribution in [0.1, 0.15) is 24.0 Å². The Balaban J connectivity index is 1.44. The average Bonchev–Trinajstić information content (AvgIpc) is 3.22. The van der Waals surface area contributed by atoms with Crippen molar-refractivity contribution in [3.63, 3.8) is 0 Å². The van der Waals surface area contributed by atoms with E-state index >= 15 is 0 Å². The fourth-order valence-corrected chi connectivity index (χ4v) is 3.95. The highest BCUT2D eigenvalue weighted by atomic mass is 32.2. The standard InChI is InChI=1S/C17H20N4O2S/c1-21-15-5-4-11(7-12(15)8-16(21)22)14-10-24-17(20-19-14)18-9-13-3-2-6-23-13/h4-5,7,13H,2-3,6,8-10H2,1H3,(H,18,20)/t13-/m0/s1. The van der Waals surface area contributed by atoms with Crippen molar-refractivity contribution in [2.45, 2.75) is 25.4 Å². The number of nitrogens with zero attached hydrogens (tertiary/aromatic N) is 3. The monoisotopic (exact) mass is 344 g/mol. The molecule has 1 aromatic carbocycles. The van der Waals surface area contributed by atoms with Crippen LogP contribution in [-0.2, 0) is 16.0 Å². The first-order valence-electron chi connectivity index (χ1n) is 8.22. The van der Waals surface area contributed by atoms with Crippen LogP contribution in [0, 0.1) is 0 Å². The molecule has 0 bridgehead atoms. The van der Waals surface area contributed by atoms with E-state index in [0.717, 1.165) is 52.9 Å². The lowest BCUT2D eigenvalue weighted by atomic mass is 10.1. The smallest absolute Gasteiger partial charge is 0.231 e. The van der Waals surface area contributed by atoms with Gasteiger partial charge in [0.25, 0.3) is 0 Å². The molecule has 1 N–H and O–H groups in total. The van der Waals surface area contributed by atoms with E-state index in [2.05, 4.69) is 21.6 Å². The molecule has 7 heteroatoms. The summed E-state index contributed by atoms with van der Waals surface area (Å²) in [4.78, 5) is 18.1. The summed E-state index contributed by atoms with van der Waals surface area (Å²) >= 11 is 1.66. The van der Waals surface area contributed by atoms with Gasteiger partial charge >= 0.3 is 0 Å². The van der Waals surface area contributed by atoms with Crippen LogP contribution >= 0.6 is 11.8 Å². The van der Waals surface area contributed by atoms with Gasteiger partial charge in [-0.05, 0) is 36.1 Å². The molecule has 1 atom stereocenters. The van der Waals surface area contributed by atoms with Crippen LogP contribution in [-0.4, -0.2) is 48.8 Å². The Kier molecular flexibility index (Phi) is 4.28. The van der Waals surface area contributed by atoms with Gasteiger partial charge in [0.2, 0.25) is 5.91 Å². The van der Waals surface area contributed by atoms with Crippen molar-refractivity contribution in [1.82, 2.24) is 5.43 Å². The van der Waals surface area contributed by atoms with Crippen LogP contribution in [0.25, 0.3) is 0 Å². The highest BCUT2D eigenvalue weighted by Gasteiger charge is 2.25. The van der Waals surface area contributed by atoms with Gasteiger partial charge in [0.15, 0.2) is 5.17 Å². The third kappa shape index (κ3) is 3.06. The van der Waals surface area contributed by atoms with Gasteiger partial charge in [-0.3, -0.25) is 15.2 Å². The molecule has 0 radical (unpaired) electrons. The van der Waals surface area contributed by atoms with Gasteiger partial charge < -0.3 is 9.64 Å². The Morgan fingerprint density at radius 3 is 3.17 bits per heavy atom. The molecule has 1 amide bonds. The minimum Gasteiger partial charge on any atom is -0.376 e. The molecule has 0 aliphatic carbocycles. The maximum atomic E-state index is 11.8. The van der Waals surface area contributed by atoms with E-state index in [4.69, 9.17) is 4.74 Å². The normalized spacial score (nSPS) is 25.0. The van der Waals surface area contributed by atoms with Crippen molar-refractivity contribution in [3.05, 3.63) is 29.3 Å². The maximum absolute atomic E-state index is 11.8. The molecule has 3 aliphatic heterocycles. The van der Waals surface area contributed by atoms with E-state index in [1.54, 1.807) is 16.7 Å². The zero-order chi connectivity index (χ0) is 16.5. The lowest BCUT2D eigenvalue weighted by Gasteiger charge is -2.16. The molecule has 3 heterocycles. The largest absolute Gasteiger partial charge is 0.376 e. The summed E-state index contributed by atoms with van der Waals surface area (Å²) in [6.45, 7) is 1.56. The molecule has 1 fully saturated rings. The molecular formula is C17H20N4O2S. The van der Waals surface area contributed by atoms with E-state index < -0.39 is 0 Å². The van der Waals surface area contributed by atoms with E-state index in [9.17, 15) is 4.79 Å². The molecule has 0 saturated carbocycles. The number of hydrogen-bond acceptors (Lipinski definition) is 5. The van der Waals surface area contributed by atoms with Gasteiger partial charge in [-0.1, -0.05) is 17.8 Å². The number of anilines is 1. The number of hydrazone groups is 1. The molecule has 6 nitrogen and oxygen atoms in total. The van der Waals surface area contributed by atoms with Crippen molar-refractivity contribution in [2.75, 3.05) is 30.9 Å². The fraction of sp³-hybridized carbons (Fsp3) is 0.471. The number of benzene rings is 1. The lowest BCUT2D eigenvalue weighted by molar-refractivity contribution is -0.117. The topological polar surface area (TPSA) is 66.3 Å². The Morgan fingerprint density at radius 1 is 1.50 bits per heavy atom. The number of carbonyl (C=O) groups excluding carboxylic acids is 1. The second-order valence-electron chi connectivity index (χ2n) is 6.21. The number of ether oxygens (including phenoxy) is 1. The van der Waals surface area contributed by atoms with Gasteiger partial charge in [-0.15, -0.1) is 0 Å². The Labute approximate surface area is 145 Å². The van der Waals surface area contributed by atoms with Crippen LogP contribution in [0.2, 0.25) is 0 Å². The first-order chi connectivity index (χ1) is 11.7. The van der Waals surface area contributed by atoms with Crippen LogP contribution in [0.4, 0.5) is 5.69 Å². The number of amides is 1. The molecular weight excluding hydrogens is 324 g/mol. The van der Waals surface area contributed by atoms with Gasteiger partial charge in [0.1, 0.15) is 0 Å². The zero-order valence-electron chi connectivity index (χ0n) is 13.6. The molecule has 126 valence electrons. The summed E-state index contributed by atoms with van der Waals surface area (Å²) in [6, 6.07) is 6.11. The predicted octanol–water partition coefficient (Wildman–Crippen LogP) is 1.78. The van der Waals surface area contributed by atoms with Crippen molar-refractivity contribution in [3.8, 4) is 0 Å². The SMILES string of the molecule is CN1C(=O)Cc2cc(C3=NNC(=NC[C@@H]4CCCO4)SC3)ccc21. The van der Waals surface area contributed by atoms with Crippen LogP contribution in [0.3, 0.4) is 0 Å². The zero-order valence-corrected chi connectivity index (χ0v) is 14.4. The molecule has 24 heavy (non-hydrogen) atoms. The molecule has 1 aromatic rings. The summed E-state index contributed by atoms with van der Waals surface area (Å²) in [5.74, 6) is 0.920. The Hall–Kier alpha value is -1.86. The summed E-state index contributed by atoms with van der Waals surface area (Å²) in [5, 5.41) is 5.32. The fourth-order valence-electron chi connectivity index (χ4n) is 3.17. The molecule has 0 spiro atoms. The van der Waals surface area contributed by atoms with Crippen LogP contribution in [0.5, 0.6) is 0 Å². The highest BCUT2D eigenvalue weighted by Crippen LogP contribution is 2.29. The summed E-state index contributed by atoms with van der Waals surface area (Å²) in [7, 11) is 1.82. The number of aliphatic imine (C=N–C) groups is 1. The minimum atomic E-state index is 0.142. The first-order valence-corrected chi connectivity index (χ1v) is 9.20. The second-order valence-corrected chi connectivity index (χ2v) is 7.18. The minimum absolute atomic E-state index is 0.142. The van der Waals surface area contributed by atoms with E-state index in [-0.39, 0.29) is 12.0 Å². The number of amidine groups is 1. The Morgan fingerprint density at radius 2 is 2.42 bits per heavy atom. The maximum Gasteiger partial charge on any atom is 0.231 e. The Bertz CT molecular complexity index is 725. The molecule has 4 rings (SSSR count). The number of likely N-dealkylation sites (N-methyl/N-ethyl adjacent to an activating group) is 1. The lowest BCUT2D eigenvalue weighted by Crippen LogP contribution is -2.26. The van der Waals surface area contributed by atoms with Gasteiger partial charge in [-0.25, -0.2) is 0 Å². The molecule has 1 saturated heterocycles. The average molecular weight is 344 g/mol. The van der Waals surface area contributed by atoms with E-state index in [1.807, 2.05) is 19.2 Å². The number of hydrogen-bond donors (Lipinski definition) is 1. The summed E-state index contributed by atoms with van der Waals surface area (Å²) < 4.78 is 5.58. The van der Waals surface area contributed by atoms with Gasteiger partial charge in [0.05, 0.1) is 24.8 Å². The highest BCUT2D eigenvalue weighted by molar-refractivity contribution is 8.14. The number of fused-ring (bicyclic) bond motifs is 1. The number of rotatable bonds is 3. The second kappa shape index (κ2) is 6.57. The molecule has 0 unspecified atom stereocenters. The third-order valence-corrected chi connectivity index (χ3v) is 5.50. The van der Waals surface area contributed by atoms with Crippen LogP contribution < -0.4 is 10.3 Å². The number of carbonyl (C=O) groups is 1. The summed E-state index contributed by atoms with van der Waals surface area (Å²) in [5.41, 5.74) is 7.17. The molecule has 3 aliphatic rings. The third-order valence-electron chi connectivity index (χ3n) is 4.58. The predicted molar refractivity (Wildman–Crippen MR) is 97.0 cm³/mol.